The molecule has 1 aromatic heterocycles. The van der Waals surface area contributed by atoms with Crippen LogP contribution in [0.5, 0.6) is 5.75 Å². The Balaban J connectivity index is 2.38. The molecule has 0 aliphatic rings. The summed E-state index contributed by atoms with van der Waals surface area (Å²) in [4.78, 5) is 0.218. The molecule has 6 nitrogen and oxygen atoms in total. The summed E-state index contributed by atoms with van der Waals surface area (Å²) < 4.78 is 26.8. The fraction of sp³-hybridized carbons (Fsp3) is 0.357. The number of aromatic hydroxyl groups is 1. The van der Waals surface area contributed by atoms with Crippen LogP contribution >= 0.6 is 0 Å². The summed E-state index contributed by atoms with van der Waals surface area (Å²) in [5.74, 6) is 0.151. The number of hydrogen-bond donors (Lipinski definition) is 2. The molecule has 1 unspecified atom stereocenters. The molecule has 1 atom stereocenters. The fourth-order valence-electron chi connectivity index (χ4n) is 2.24. The van der Waals surface area contributed by atoms with Crippen molar-refractivity contribution in [3.63, 3.8) is 0 Å². The number of rotatable bonds is 4. The van der Waals surface area contributed by atoms with Crippen LogP contribution in [0.3, 0.4) is 0 Å². The highest BCUT2D eigenvalue weighted by Gasteiger charge is 2.30. The van der Waals surface area contributed by atoms with E-state index in [4.69, 9.17) is 0 Å². The SMILES string of the molecule is Cc1n[nH]c(C)c1S(=O)(=O)N(C)C(C)c1ccc(O)cc1. The summed E-state index contributed by atoms with van der Waals surface area (Å²) in [5.41, 5.74) is 1.78. The smallest absolute Gasteiger partial charge is 0.247 e. The summed E-state index contributed by atoms with van der Waals surface area (Å²) in [6.07, 6.45) is 0. The third-order valence-electron chi connectivity index (χ3n) is 3.62. The van der Waals surface area contributed by atoms with Gasteiger partial charge < -0.3 is 5.11 Å². The number of phenolic OH excluding ortho intramolecular Hbond substituents is 1. The molecule has 0 spiro atoms. The fourth-order valence-corrected chi connectivity index (χ4v) is 3.91. The monoisotopic (exact) mass is 309 g/mol. The van der Waals surface area contributed by atoms with Crippen LogP contribution in [0.15, 0.2) is 29.2 Å². The molecular weight excluding hydrogens is 290 g/mol. The molecule has 0 saturated carbocycles. The molecule has 2 rings (SSSR count). The van der Waals surface area contributed by atoms with E-state index in [1.807, 2.05) is 0 Å². The van der Waals surface area contributed by atoms with E-state index in [0.29, 0.717) is 11.4 Å². The summed E-state index contributed by atoms with van der Waals surface area (Å²) in [6.45, 7) is 5.15. The van der Waals surface area contributed by atoms with Crippen molar-refractivity contribution in [3.05, 3.63) is 41.2 Å². The van der Waals surface area contributed by atoms with Crippen LogP contribution in [0.1, 0.15) is 29.9 Å². The molecule has 21 heavy (non-hydrogen) atoms. The first-order valence-electron chi connectivity index (χ1n) is 6.53. The molecule has 0 amide bonds. The Morgan fingerprint density at radius 1 is 1.24 bits per heavy atom. The van der Waals surface area contributed by atoms with Gasteiger partial charge in [-0.3, -0.25) is 5.10 Å². The second kappa shape index (κ2) is 5.50. The zero-order chi connectivity index (χ0) is 15.8. The predicted octanol–water partition coefficient (Wildman–Crippen LogP) is 2.11. The zero-order valence-corrected chi connectivity index (χ0v) is 13.3. The Kier molecular flexibility index (Phi) is 4.06. The zero-order valence-electron chi connectivity index (χ0n) is 12.5. The Morgan fingerprint density at radius 2 is 1.81 bits per heavy atom. The van der Waals surface area contributed by atoms with Gasteiger partial charge in [-0.25, -0.2) is 8.42 Å². The van der Waals surface area contributed by atoms with Gasteiger partial charge in [-0.2, -0.15) is 9.40 Å². The maximum absolute atomic E-state index is 12.7. The van der Waals surface area contributed by atoms with E-state index in [1.54, 1.807) is 52.1 Å². The van der Waals surface area contributed by atoms with Gasteiger partial charge in [0.25, 0.3) is 0 Å². The minimum atomic E-state index is -3.64. The average Bonchev–Trinajstić information content (AvgIpc) is 2.78. The van der Waals surface area contributed by atoms with Crippen molar-refractivity contribution >= 4 is 10.0 Å². The van der Waals surface area contributed by atoms with Crippen molar-refractivity contribution < 1.29 is 13.5 Å². The first-order chi connectivity index (χ1) is 9.75. The Bertz CT molecular complexity index is 716. The number of phenols is 1. The predicted molar refractivity (Wildman–Crippen MR) is 79.5 cm³/mol. The lowest BCUT2D eigenvalue weighted by molar-refractivity contribution is 0.397. The number of hydrogen-bond acceptors (Lipinski definition) is 4. The molecule has 0 aliphatic carbocycles. The number of aromatic amines is 1. The van der Waals surface area contributed by atoms with E-state index in [0.717, 1.165) is 5.56 Å². The van der Waals surface area contributed by atoms with Gasteiger partial charge >= 0.3 is 0 Å². The van der Waals surface area contributed by atoms with Crippen LogP contribution in [0, 0.1) is 13.8 Å². The third-order valence-corrected chi connectivity index (χ3v) is 5.81. The first-order valence-corrected chi connectivity index (χ1v) is 7.97. The van der Waals surface area contributed by atoms with E-state index in [-0.39, 0.29) is 16.7 Å². The molecule has 1 aromatic carbocycles. The van der Waals surface area contributed by atoms with Gasteiger partial charge in [-0.1, -0.05) is 12.1 Å². The normalized spacial score (nSPS) is 13.6. The van der Waals surface area contributed by atoms with Crippen LogP contribution in [0.25, 0.3) is 0 Å². The number of benzene rings is 1. The second-order valence-electron chi connectivity index (χ2n) is 5.05. The Hall–Kier alpha value is -1.86. The van der Waals surface area contributed by atoms with Gasteiger partial charge in [0.05, 0.1) is 11.4 Å². The third kappa shape index (κ3) is 2.79. The largest absolute Gasteiger partial charge is 0.508 e. The highest BCUT2D eigenvalue weighted by atomic mass is 32.2. The van der Waals surface area contributed by atoms with Gasteiger partial charge in [0.15, 0.2) is 0 Å². The molecule has 0 aliphatic heterocycles. The molecule has 1 heterocycles. The molecule has 0 bridgehead atoms. The highest BCUT2D eigenvalue weighted by molar-refractivity contribution is 7.89. The van der Waals surface area contributed by atoms with E-state index >= 15 is 0 Å². The van der Waals surface area contributed by atoms with Crippen LogP contribution in [0.2, 0.25) is 0 Å². The van der Waals surface area contributed by atoms with E-state index in [1.165, 1.54) is 4.31 Å². The maximum atomic E-state index is 12.7. The average molecular weight is 309 g/mol. The van der Waals surface area contributed by atoms with Crippen molar-refractivity contribution in [2.75, 3.05) is 7.05 Å². The number of nitrogens with zero attached hydrogens (tertiary/aromatic N) is 2. The van der Waals surface area contributed by atoms with Gasteiger partial charge in [-0.15, -0.1) is 0 Å². The molecular formula is C14H19N3O3S. The molecule has 0 saturated heterocycles. The number of nitrogens with one attached hydrogen (secondary N) is 1. The molecule has 7 heteroatoms. The summed E-state index contributed by atoms with van der Waals surface area (Å²) >= 11 is 0. The number of sulfonamides is 1. The van der Waals surface area contributed by atoms with Crippen LogP contribution in [0.4, 0.5) is 0 Å². The van der Waals surface area contributed by atoms with Crippen LogP contribution < -0.4 is 0 Å². The van der Waals surface area contributed by atoms with Crippen molar-refractivity contribution in [2.45, 2.75) is 31.7 Å². The van der Waals surface area contributed by atoms with Crippen LogP contribution in [-0.4, -0.2) is 35.1 Å². The quantitative estimate of drug-likeness (QED) is 0.905. The molecule has 2 N–H and O–H groups in total. The lowest BCUT2D eigenvalue weighted by Gasteiger charge is -2.24. The van der Waals surface area contributed by atoms with Crippen molar-refractivity contribution in [1.82, 2.24) is 14.5 Å². The molecule has 0 radical (unpaired) electrons. The summed E-state index contributed by atoms with van der Waals surface area (Å²) in [7, 11) is -2.10. The van der Waals surface area contributed by atoms with Gasteiger partial charge in [-0.05, 0) is 38.5 Å². The van der Waals surface area contributed by atoms with Crippen LogP contribution in [-0.2, 0) is 10.0 Å². The molecule has 0 fully saturated rings. The number of aryl methyl sites for hydroxylation is 2. The number of H-pyrrole nitrogens is 1. The minimum absolute atomic E-state index is 0.151. The first kappa shape index (κ1) is 15.5. The van der Waals surface area contributed by atoms with E-state index < -0.39 is 10.0 Å². The standard InChI is InChI=1S/C14H19N3O3S/c1-9-14(10(2)16-15-9)21(19,20)17(4)11(3)12-5-7-13(18)8-6-12/h5-8,11,18H,1-4H3,(H,15,16). The van der Waals surface area contributed by atoms with E-state index in [2.05, 4.69) is 10.2 Å². The molecule has 2 aromatic rings. The van der Waals surface area contributed by atoms with Crippen molar-refractivity contribution in [1.29, 1.82) is 0 Å². The van der Waals surface area contributed by atoms with E-state index in [9.17, 15) is 13.5 Å². The number of aromatic nitrogens is 2. The topological polar surface area (TPSA) is 86.3 Å². The highest BCUT2D eigenvalue weighted by Crippen LogP contribution is 2.28. The van der Waals surface area contributed by atoms with Crippen molar-refractivity contribution in [2.24, 2.45) is 0 Å². The Morgan fingerprint density at radius 3 is 2.29 bits per heavy atom. The van der Waals surface area contributed by atoms with Gasteiger partial charge in [0, 0.05) is 13.1 Å². The van der Waals surface area contributed by atoms with Gasteiger partial charge in [0.1, 0.15) is 10.6 Å². The lowest BCUT2D eigenvalue weighted by Crippen LogP contribution is -2.30. The van der Waals surface area contributed by atoms with Gasteiger partial charge in [0.2, 0.25) is 10.0 Å². The summed E-state index contributed by atoms with van der Waals surface area (Å²) in [5, 5.41) is 16.0. The second-order valence-corrected chi connectivity index (χ2v) is 6.99. The Labute approximate surface area is 124 Å². The van der Waals surface area contributed by atoms with Crippen molar-refractivity contribution in [3.8, 4) is 5.75 Å². The lowest BCUT2D eigenvalue weighted by atomic mass is 10.1. The molecule has 114 valence electrons. The summed E-state index contributed by atoms with van der Waals surface area (Å²) in [6, 6.07) is 6.15. The maximum Gasteiger partial charge on any atom is 0.247 e. The minimum Gasteiger partial charge on any atom is -0.508 e.